The summed E-state index contributed by atoms with van der Waals surface area (Å²) in [6.45, 7) is 0.897. The molecule has 1 aliphatic rings. The molecule has 1 heterocycles. The SMILES string of the molecule is CN(Cc1ccccc1)C1CCc2cc(Cl)ccc2O1. The topological polar surface area (TPSA) is 12.5 Å². The highest BCUT2D eigenvalue weighted by Gasteiger charge is 2.23. The summed E-state index contributed by atoms with van der Waals surface area (Å²) in [5, 5.41) is 0.781. The summed E-state index contributed by atoms with van der Waals surface area (Å²) in [5.74, 6) is 0.963. The van der Waals surface area contributed by atoms with Gasteiger partial charge in [-0.2, -0.15) is 0 Å². The number of hydrogen-bond acceptors (Lipinski definition) is 2. The minimum Gasteiger partial charge on any atom is -0.475 e. The van der Waals surface area contributed by atoms with E-state index in [0.29, 0.717) is 0 Å². The predicted octanol–water partition coefficient (Wildman–Crippen LogP) is 4.12. The first kappa shape index (κ1) is 13.5. The van der Waals surface area contributed by atoms with Crippen LogP contribution in [-0.2, 0) is 13.0 Å². The number of nitrogens with zero attached hydrogens (tertiary/aromatic N) is 1. The molecule has 3 heteroatoms. The molecule has 0 fully saturated rings. The first-order valence-electron chi connectivity index (χ1n) is 6.91. The molecule has 1 aliphatic heterocycles. The van der Waals surface area contributed by atoms with Gasteiger partial charge in [-0.05, 0) is 42.8 Å². The number of rotatable bonds is 3. The number of fused-ring (bicyclic) bond motifs is 1. The van der Waals surface area contributed by atoms with Crippen molar-refractivity contribution in [2.24, 2.45) is 0 Å². The molecule has 1 unspecified atom stereocenters. The van der Waals surface area contributed by atoms with Crippen molar-refractivity contribution in [1.29, 1.82) is 0 Å². The first-order chi connectivity index (χ1) is 9.72. The van der Waals surface area contributed by atoms with E-state index in [1.807, 2.05) is 24.3 Å². The lowest BCUT2D eigenvalue weighted by Crippen LogP contribution is -2.38. The molecule has 0 radical (unpaired) electrons. The van der Waals surface area contributed by atoms with E-state index < -0.39 is 0 Å². The van der Waals surface area contributed by atoms with Crippen LogP contribution in [0.4, 0.5) is 0 Å². The Hall–Kier alpha value is -1.51. The minimum atomic E-state index is 0.129. The molecule has 0 amide bonds. The van der Waals surface area contributed by atoms with E-state index in [9.17, 15) is 0 Å². The molecular formula is C17H18ClNO. The molecule has 1 atom stereocenters. The molecule has 0 aliphatic carbocycles. The second-order valence-corrected chi connectivity index (χ2v) is 5.70. The number of hydrogen-bond donors (Lipinski definition) is 0. The van der Waals surface area contributed by atoms with Crippen LogP contribution in [0.15, 0.2) is 48.5 Å². The predicted molar refractivity (Wildman–Crippen MR) is 82.1 cm³/mol. The van der Waals surface area contributed by atoms with Gasteiger partial charge in [-0.1, -0.05) is 41.9 Å². The molecule has 104 valence electrons. The second kappa shape index (κ2) is 5.86. The Balaban J connectivity index is 1.69. The van der Waals surface area contributed by atoms with Gasteiger partial charge in [-0.25, -0.2) is 0 Å². The molecule has 2 aromatic carbocycles. The average Bonchev–Trinajstić information content (AvgIpc) is 2.47. The lowest BCUT2D eigenvalue weighted by molar-refractivity contribution is 0.0226. The molecular weight excluding hydrogens is 270 g/mol. The quantitative estimate of drug-likeness (QED) is 0.842. The maximum absolute atomic E-state index is 6.09. The highest BCUT2D eigenvalue weighted by atomic mass is 35.5. The summed E-state index contributed by atoms with van der Waals surface area (Å²) in [5.41, 5.74) is 2.52. The molecule has 3 rings (SSSR count). The van der Waals surface area contributed by atoms with Crippen LogP contribution in [-0.4, -0.2) is 18.2 Å². The Bertz CT molecular complexity index is 585. The monoisotopic (exact) mass is 287 g/mol. The number of aryl methyl sites for hydroxylation is 1. The molecule has 0 saturated carbocycles. The minimum absolute atomic E-state index is 0.129. The van der Waals surface area contributed by atoms with E-state index in [1.165, 1.54) is 11.1 Å². The Kier molecular flexibility index (Phi) is 3.95. The standard InChI is InChI=1S/C17H18ClNO/c1-19(12-13-5-3-2-4-6-13)17-10-7-14-11-15(18)8-9-16(14)20-17/h2-6,8-9,11,17H,7,10,12H2,1H3. The largest absolute Gasteiger partial charge is 0.475 e. The van der Waals surface area contributed by atoms with Crippen molar-refractivity contribution in [2.75, 3.05) is 7.05 Å². The fourth-order valence-corrected chi connectivity index (χ4v) is 2.82. The zero-order valence-corrected chi connectivity index (χ0v) is 12.3. The zero-order valence-electron chi connectivity index (χ0n) is 11.6. The summed E-state index contributed by atoms with van der Waals surface area (Å²) >= 11 is 6.02. The third kappa shape index (κ3) is 2.97. The van der Waals surface area contributed by atoms with Crippen LogP contribution >= 0.6 is 11.6 Å². The normalized spacial score (nSPS) is 17.6. The van der Waals surface area contributed by atoms with Gasteiger partial charge in [0, 0.05) is 18.0 Å². The zero-order chi connectivity index (χ0) is 13.9. The van der Waals surface area contributed by atoms with E-state index >= 15 is 0 Å². The van der Waals surface area contributed by atoms with Crippen LogP contribution < -0.4 is 4.74 Å². The summed E-state index contributed by atoms with van der Waals surface area (Å²) in [4.78, 5) is 2.26. The summed E-state index contributed by atoms with van der Waals surface area (Å²) in [6.07, 6.45) is 2.14. The third-order valence-electron chi connectivity index (χ3n) is 3.71. The van der Waals surface area contributed by atoms with E-state index in [-0.39, 0.29) is 6.23 Å². The van der Waals surface area contributed by atoms with Gasteiger partial charge in [0.05, 0.1) is 0 Å². The van der Waals surface area contributed by atoms with Crippen molar-refractivity contribution in [2.45, 2.75) is 25.6 Å². The van der Waals surface area contributed by atoms with Crippen molar-refractivity contribution in [3.05, 3.63) is 64.7 Å². The molecule has 0 aromatic heterocycles. The lowest BCUT2D eigenvalue weighted by Gasteiger charge is -2.33. The summed E-state index contributed by atoms with van der Waals surface area (Å²) < 4.78 is 6.09. The van der Waals surface area contributed by atoms with Crippen LogP contribution in [0, 0.1) is 0 Å². The van der Waals surface area contributed by atoms with E-state index in [1.54, 1.807) is 0 Å². The van der Waals surface area contributed by atoms with Gasteiger partial charge in [-0.15, -0.1) is 0 Å². The number of ether oxygens (including phenoxy) is 1. The van der Waals surface area contributed by atoms with Crippen molar-refractivity contribution in [3.63, 3.8) is 0 Å². The Labute approximate surface area is 124 Å². The third-order valence-corrected chi connectivity index (χ3v) is 3.95. The molecule has 0 spiro atoms. The average molecular weight is 288 g/mol. The maximum Gasteiger partial charge on any atom is 0.153 e. The molecule has 20 heavy (non-hydrogen) atoms. The molecule has 0 bridgehead atoms. The van der Waals surface area contributed by atoms with E-state index in [0.717, 1.165) is 30.2 Å². The van der Waals surface area contributed by atoms with Gasteiger partial charge in [-0.3, -0.25) is 4.90 Å². The number of halogens is 1. The van der Waals surface area contributed by atoms with E-state index in [4.69, 9.17) is 16.3 Å². The molecule has 2 aromatic rings. The molecule has 0 N–H and O–H groups in total. The molecule has 2 nitrogen and oxygen atoms in total. The van der Waals surface area contributed by atoms with Crippen molar-refractivity contribution >= 4 is 11.6 Å². The first-order valence-corrected chi connectivity index (χ1v) is 7.29. The van der Waals surface area contributed by atoms with Crippen LogP contribution in [0.1, 0.15) is 17.5 Å². The highest BCUT2D eigenvalue weighted by molar-refractivity contribution is 6.30. The number of benzene rings is 2. The maximum atomic E-state index is 6.09. The fraction of sp³-hybridized carbons (Fsp3) is 0.294. The van der Waals surface area contributed by atoms with E-state index in [2.05, 4.69) is 36.2 Å². The van der Waals surface area contributed by atoms with Crippen molar-refractivity contribution < 1.29 is 4.74 Å². The smallest absolute Gasteiger partial charge is 0.153 e. The molecule has 0 saturated heterocycles. The van der Waals surface area contributed by atoms with Crippen molar-refractivity contribution in [3.8, 4) is 5.75 Å². The summed E-state index contributed by atoms with van der Waals surface area (Å²) in [7, 11) is 2.11. The van der Waals surface area contributed by atoms with Crippen LogP contribution in [0.25, 0.3) is 0 Å². The fourth-order valence-electron chi connectivity index (χ4n) is 2.63. The Morgan fingerprint density at radius 1 is 1.20 bits per heavy atom. The lowest BCUT2D eigenvalue weighted by atomic mass is 10.0. The Morgan fingerprint density at radius 3 is 2.80 bits per heavy atom. The summed E-state index contributed by atoms with van der Waals surface area (Å²) in [6, 6.07) is 16.3. The van der Waals surface area contributed by atoms with Crippen LogP contribution in [0.5, 0.6) is 5.75 Å². The van der Waals surface area contributed by atoms with Gasteiger partial charge in [0.25, 0.3) is 0 Å². The van der Waals surface area contributed by atoms with Crippen molar-refractivity contribution in [1.82, 2.24) is 4.90 Å². The van der Waals surface area contributed by atoms with Gasteiger partial charge in [0.2, 0.25) is 0 Å². The highest BCUT2D eigenvalue weighted by Crippen LogP contribution is 2.31. The van der Waals surface area contributed by atoms with Gasteiger partial charge in [0.15, 0.2) is 6.23 Å². The second-order valence-electron chi connectivity index (χ2n) is 5.26. The van der Waals surface area contributed by atoms with Gasteiger partial charge >= 0.3 is 0 Å². The van der Waals surface area contributed by atoms with Crippen LogP contribution in [0.2, 0.25) is 5.02 Å². The van der Waals surface area contributed by atoms with Gasteiger partial charge < -0.3 is 4.74 Å². The van der Waals surface area contributed by atoms with Gasteiger partial charge in [0.1, 0.15) is 5.75 Å². The van der Waals surface area contributed by atoms with Crippen LogP contribution in [0.3, 0.4) is 0 Å². The Morgan fingerprint density at radius 2 is 2.00 bits per heavy atom.